The Morgan fingerprint density at radius 2 is 2.00 bits per heavy atom. The molecule has 0 aliphatic heterocycles. The molecule has 1 aromatic heterocycles. The van der Waals surface area contributed by atoms with Crippen molar-refractivity contribution < 1.29 is 0 Å². The molecule has 0 amide bonds. The van der Waals surface area contributed by atoms with Gasteiger partial charge in [0, 0.05) is 6.54 Å². The Balaban J connectivity index is 1.80. The van der Waals surface area contributed by atoms with Crippen LogP contribution in [0.3, 0.4) is 0 Å². The highest BCUT2D eigenvalue weighted by Gasteiger charge is 1.98. The maximum Gasteiger partial charge on any atom is 0.188 e. The summed E-state index contributed by atoms with van der Waals surface area (Å²) in [5.74, 6) is 0.716. The van der Waals surface area contributed by atoms with Crippen molar-refractivity contribution in [2.24, 2.45) is 7.05 Å². The zero-order valence-electron chi connectivity index (χ0n) is 8.59. The van der Waals surface area contributed by atoms with Gasteiger partial charge in [-0.2, -0.15) is 4.80 Å². The highest BCUT2D eigenvalue weighted by atomic mass is 15.6. The first kappa shape index (κ1) is 9.79. The largest absolute Gasteiger partial charge is 0.306 e. The van der Waals surface area contributed by atoms with Crippen LogP contribution < -0.4 is 5.32 Å². The van der Waals surface area contributed by atoms with Crippen molar-refractivity contribution in [2.45, 2.75) is 13.1 Å². The number of aromatic nitrogens is 4. The van der Waals surface area contributed by atoms with Gasteiger partial charge in [-0.25, -0.2) is 0 Å². The molecule has 0 aliphatic rings. The van der Waals surface area contributed by atoms with Crippen molar-refractivity contribution in [1.29, 1.82) is 0 Å². The van der Waals surface area contributed by atoms with Crippen LogP contribution in [0.25, 0.3) is 0 Å². The summed E-state index contributed by atoms with van der Waals surface area (Å²) in [5.41, 5.74) is 1.25. The van der Waals surface area contributed by atoms with Gasteiger partial charge < -0.3 is 5.32 Å². The lowest BCUT2D eigenvalue weighted by molar-refractivity contribution is 0.619. The monoisotopic (exact) mass is 203 g/mol. The molecule has 0 saturated carbocycles. The second kappa shape index (κ2) is 4.65. The summed E-state index contributed by atoms with van der Waals surface area (Å²) in [6.07, 6.45) is 0. The highest BCUT2D eigenvalue weighted by molar-refractivity contribution is 5.14. The van der Waals surface area contributed by atoms with E-state index in [1.807, 2.05) is 18.2 Å². The number of aryl methyl sites for hydroxylation is 1. The van der Waals surface area contributed by atoms with Gasteiger partial charge in [-0.05, 0) is 10.8 Å². The van der Waals surface area contributed by atoms with E-state index in [4.69, 9.17) is 0 Å². The molecule has 5 heteroatoms. The number of tetrazole rings is 1. The van der Waals surface area contributed by atoms with Gasteiger partial charge in [-0.15, -0.1) is 10.2 Å². The quantitative estimate of drug-likeness (QED) is 0.786. The molecule has 78 valence electrons. The van der Waals surface area contributed by atoms with Crippen molar-refractivity contribution in [3.8, 4) is 0 Å². The zero-order chi connectivity index (χ0) is 10.5. The van der Waals surface area contributed by atoms with E-state index < -0.39 is 0 Å². The molecule has 0 saturated heterocycles. The first-order valence-electron chi connectivity index (χ1n) is 4.82. The average molecular weight is 203 g/mol. The van der Waals surface area contributed by atoms with Crippen LogP contribution >= 0.6 is 0 Å². The van der Waals surface area contributed by atoms with E-state index in [9.17, 15) is 0 Å². The Kier molecular flexibility index (Phi) is 3.04. The molecule has 1 aromatic carbocycles. The lowest BCUT2D eigenvalue weighted by Gasteiger charge is -2.00. The summed E-state index contributed by atoms with van der Waals surface area (Å²) < 4.78 is 0. The number of hydrogen-bond acceptors (Lipinski definition) is 4. The molecule has 0 radical (unpaired) electrons. The summed E-state index contributed by atoms with van der Waals surface area (Å²) in [6, 6.07) is 10.2. The van der Waals surface area contributed by atoms with Crippen LogP contribution in [0.15, 0.2) is 30.3 Å². The number of rotatable bonds is 4. The smallest absolute Gasteiger partial charge is 0.188 e. The molecular weight excluding hydrogens is 190 g/mol. The van der Waals surface area contributed by atoms with Crippen LogP contribution in [0, 0.1) is 0 Å². The van der Waals surface area contributed by atoms with Crippen LogP contribution in [0.5, 0.6) is 0 Å². The van der Waals surface area contributed by atoms with Crippen LogP contribution in [0.1, 0.15) is 11.4 Å². The summed E-state index contributed by atoms with van der Waals surface area (Å²) in [7, 11) is 1.76. The lowest BCUT2D eigenvalue weighted by atomic mass is 10.2. The molecule has 0 bridgehead atoms. The van der Waals surface area contributed by atoms with E-state index in [2.05, 4.69) is 32.9 Å². The van der Waals surface area contributed by atoms with Crippen LogP contribution in [-0.2, 0) is 20.1 Å². The maximum atomic E-state index is 4.07. The molecular formula is C10H13N5. The fourth-order valence-electron chi connectivity index (χ4n) is 1.31. The van der Waals surface area contributed by atoms with E-state index in [0.717, 1.165) is 6.54 Å². The lowest BCUT2D eigenvalue weighted by Crippen LogP contribution is -2.13. The Bertz CT molecular complexity index is 409. The number of nitrogens with one attached hydrogen (secondary N) is 1. The fourth-order valence-corrected chi connectivity index (χ4v) is 1.31. The first-order valence-corrected chi connectivity index (χ1v) is 4.82. The van der Waals surface area contributed by atoms with E-state index in [1.54, 1.807) is 7.05 Å². The second-order valence-electron chi connectivity index (χ2n) is 3.28. The highest BCUT2D eigenvalue weighted by Crippen LogP contribution is 1.97. The molecule has 1 N–H and O–H groups in total. The molecule has 0 unspecified atom stereocenters. The average Bonchev–Trinajstić information content (AvgIpc) is 2.66. The minimum atomic E-state index is 0.642. The number of benzene rings is 1. The first-order chi connectivity index (χ1) is 7.34. The Morgan fingerprint density at radius 1 is 1.20 bits per heavy atom. The topological polar surface area (TPSA) is 55.6 Å². The summed E-state index contributed by atoms with van der Waals surface area (Å²) in [5, 5.41) is 15.0. The molecule has 0 atom stereocenters. The third-order valence-corrected chi connectivity index (χ3v) is 2.00. The molecule has 2 aromatic rings. The van der Waals surface area contributed by atoms with Crippen molar-refractivity contribution in [2.75, 3.05) is 0 Å². The van der Waals surface area contributed by atoms with Crippen molar-refractivity contribution in [3.63, 3.8) is 0 Å². The molecule has 1 heterocycles. The van der Waals surface area contributed by atoms with E-state index in [0.29, 0.717) is 12.4 Å². The Morgan fingerprint density at radius 3 is 2.67 bits per heavy atom. The minimum Gasteiger partial charge on any atom is -0.306 e. The van der Waals surface area contributed by atoms with Crippen molar-refractivity contribution in [3.05, 3.63) is 41.7 Å². The number of hydrogen-bond donors (Lipinski definition) is 1. The maximum absolute atomic E-state index is 4.07. The standard InChI is InChI=1S/C10H13N5/c1-15-13-10(12-14-15)8-11-7-9-5-3-2-4-6-9/h2-6,11H,7-8H2,1H3. The summed E-state index contributed by atoms with van der Waals surface area (Å²) >= 11 is 0. The molecule has 15 heavy (non-hydrogen) atoms. The van der Waals surface area contributed by atoms with Gasteiger partial charge in [0.2, 0.25) is 0 Å². The minimum absolute atomic E-state index is 0.642. The SMILES string of the molecule is Cn1nnc(CNCc2ccccc2)n1. The van der Waals surface area contributed by atoms with Gasteiger partial charge in [-0.1, -0.05) is 30.3 Å². The molecule has 0 spiro atoms. The van der Waals surface area contributed by atoms with Crippen LogP contribution in [-0.4, -0.2) is 20.2 Å². The molecule has 0 aliphatic carbocycles. The molecule has 2 rings (SSSR count). The predicted octanol–water partition coefficient (Wildman–Crippen LogP) is 0.500. The van der Waals surface area contributed by atoms with Crippen molar-refractivity contribution in [1.82, 2.24) is 25.5 Å². The Hall–Kier alpha value is -1.75. The van der Waals surface area contributed by atoms with Crippen LogP contribution in [0.2, 0.25) is 0 Å². The van der Waals surface area contributed by atoms with E-state index in [-0.39, 0.29) is 0 Å². The van der Waals surface area contributed by atoms with Gasteiger partial charge >= 0.3 is 0 Å². The third-order valence-electron chi connectivity index (χ3n) is 2.00. The second-order valence-corrected chi connectivity index (χ2v) is 3.28. The van der Waals surface area contributed by atoms with Gasteiger partial charge in [0.05, 0.1) is 13.6 Å². The third kappa shape index (κ3) is 2.85. The zero-order valence-corrected chi connectivity index (χ0v) is 8.59. The summed E-state index contributed by atoms with van der Waals surface area (Å²) in [4.78, 5) is 1.46. The normalized spacial score (nSPS) is 10.5. The van der Waals surface area contributed by atoms with E-state index >= 15 is 0 Å². The van der Waals surface area contributed by atoms with Gasteiger partial charge in [0.25, 0.3) is 0 Å². The molecule has 0 fully saturated rings. The van der Waals surface area contributed by atoms with Gasteiger partial charge in [0.15, 0.2) is 5.82 Å². The van der Waals surface area contributed by atoms with Crippen LogP contribution in [0.4, 0.5) is 0 Å². The fraction of sp³-hybridized carbons (Fsp3) is 0.300. The molecule has 5 nitrogen and oxygen atoms in total. The van der Waals surface area contributed by atoms with Crippen molar-refractivity contribution >= 4 is 0 Å². The predicted molar refractivity (Wildman–Crippen MR) is 55.8 cm³/mol. The van der Waals surface area contributed by atoms with E-state index in [1.165, 1.54) is 10.4 Å². The Labute approximate surface area is 88.1 Å². The summed E-state index contributed by atoms with van der Waals surface area (Å²) in [6.45, 7) is 1.46. The number of nitrogens with zero attached hydrogens (tertiary/aromatic N) is 4. The van der Waals surface area contributed by atoms with Gasteiger partial charge in [-0.3, -0.25) is 0 Å². The van der Waals surface area contributed by atoms with Gasteiger partial charge in [0.1, 0.15) is 0 Å².